The minimum absolute atomic E-state index is 0. The Morgan fingerprint density at radius 2 is 2.17 bits per heavy atom. The van der Waals surface area contributed by atoms with E-state index in [4.69, 9.17) is 16.1 Å². The van der Waals surface area contributed by atoms with Crippen LogP contribution in [0.2, 0.25) is 5.02 Å². The highest BCUT2D eigenvalue weighted by Crippen LogP contribution is 2.23. The van der Waals surface area contributed by atoms with Crippen LogP contribution >= 0.6 is 24.0 Å². The number of benzene rings is 1. The number of nitrogens with one attached hydrogen (secondary N) is 1. The van der Waals surface area contributed by atoms with Gasteiger partial charge in [0.2, 0.25) is 0 Å². The summed E-state index contributed by atoms with van der Waals surface area (Å²) < 4.78 is 5.35. The molecule has 130 valence electrons. The highest BCUT2D eigenvalue weighted by atomic mass is 35.5. The number of carbonyl (C=O) groups is 1. The quantitative estimate of drug-likeness (QED) is 0.873. The van der Waals surface area contributed by atoms with Crippen molar-refractivity contribution in [3.63, 3.8) is 0 Å². The molecule has 3 rings (SSSR count). The van der Waals surface area contributed by atoms with E-state index in [1.54, 1.807) is 18.2 Å². The standard InChI is InChI=1S/C17H20ClN3O2.ClH/c1-2-9-21(14-7-8-19-11-14)17(22)15-10-16(23-20-15)12-3-5-13(18)6-4-12;/h3-6,10,14,19H,2,7-9,11H2,1H3;1H. The smallest absolute Gasteiger partial charge is 0.276 e. The fraction of sp³-hybridized carbons (Fsp3) is 0.412. The fourth-order valence-electron chi connectivity index (χ4n) is 2.87. The van der Waals surface area contributed by atoms with Gasteiger partial charge in [-0.3, -0.25) is 4.79 Å². The summed E-state index contributed by atoms with van der Waals surface area (Å²) in [5.41, 5.74) is 1.21. The summed E-state index contributed by atoms with van der Waals surface area (Å²) >= 11 is 5.89. The maximum atomic E-state index is 12.8. The number of carbonyl (C=O) groups excluding carboxylic acids is 1. The van der Waals surface area contributed by atoms with Gasteiger partial charge in [0.1, 0.15) is 0 Å². The molecule has 0 saturated carbocycles. The number of nitrogens with zero attached hydrogens (tertiary/aromatic N) is 2. The van der Waals surface area contributed by atoms with Crippen molar-refractivity contribution < 1.29 is 9.32 Å². The Labute approximate surface area is 152 Å². The van der Waals surface area contributed by atoms with E-state index in [9.17, 15) is 4.79 Å². The molecule has 2 aromatic rings. The molecule has 1 N–H and O–H groups in total. The Morgan fingerprint density at radius 3 is 2.79 bits per heavy atom. The molecular weight excluding hydrogens is 349 g/mol. The third-order valence-corrected chi connectivity index (χ3v) is 4.31. The van der Waals surface area contributed by atoms with Crippen LogP contribution in [0.1, 0.15) is 30.3 Å². The molecule has 1 unspecified atom stereocenters. The zero-order valence-corrected chi connectivity index (χ0v) is 15.1. The van der Waals surface area contributed by atoms with Gasteiger partial charge < -0.3 is 14.7 Å². The van der Waals surface area contributed by atoms with Crippen molar-refractivity contribution in [2.75, 3.05) is 19.6 Å². The van der Waals surface area contributed by atoms with Crippen LogP contribution in [-0.4, -0.2) is 41.6 Å². The van der Waals surface area contributed by atoms with Gasteiger partial charge in [0.25, 0.3) is 5.91 Å². The van der Waals surface area contributed by atoms with Gasteiger partial charge in [0.05, 0.1) is 0 Å². The van der Waals surface area contributed by atoms with Crippen LogP contribution in [0.15, 0.2) is 34.9 Å². The van der Waals surface area contributed by atoms with Crippen LogP contribution < -0.4 is 5.32 Å². The number of aromatic nitrogens is 1. The maximum absolute atomic E-state index is 12.8. The van der Waals surface area contributed by atoms with E-state index in [1.165, 1.54) is 0 Å². The largest absolute Gasteiger partial charge is 0.355 e. The lowest BCUT2D eigenvalue weighted by atomic mass is 10.1. The third kappa shape index (κ3) is 4.09. The molecule has 0 radical (unpaired) electrons. The molecule has 1 saturated heterocycles. The molecule has 5 nitrogen and oxygen atoms in total. The first-order valence-electron chi connectivity index (χ1n) is 7.93. The molecule has 1 aliphatic rings. The zero-order valence-electron chi connectivity index (χ0n) is 13.5. The Balaban J connectivity index is 0.00000208. The van der Waals surface area contributed by atoms with Gasteiger partial charge in [-0.15, -0.1) is 12.4 Å². The number of rotatable bonds is 5. The highest BCUT2D eigenvalue weighted by Gasteiger charge is 2.28. The maximum Gasteiger partial charge on any atom is 0.276 e. The lowest BCUT2D eigenvalue weighted by Crippen LogP contribution is -2.42. The van der Waals surface area contributed by atoms with E-state index in [0.717, 1.165) is 38.0 Å². The SMILES string of the molecule is CCCN(C(=O)c1cc(-c2ccc(Cl)cc2)on1)C1CCNC1.Cl. The lowest BCUT2D eigenvalue weighted by Gasteiger charge is -2.27. The van der Waals surface area contributed by atoms with Crippen molar-refractivity contribution >= 4 is 29.9 Å². The highest BCUT2D eigenvalue weighted by molar-refractivity contribution is 6.30. The lowest BCUT2D eigenvalue weighted by molar-refractivity contribution is 0.0681. The van der Waals surface area contributed by atoms with Gasteiger partial charge in [0.15, 0.2) is 11.5 Å². The summed E-state index contributed by atoms with van der Waals surface area (Å²) in [5.74, 6) is 0.510. The van der Waals surface area contributed by atoms with E-state index in [-0.39, 0.29) is 24.4 Å². The van der Waals surface area contributed by atoms with Crippen LogP contribution in [0, 0.1) is 0 Å². The number of halogens is 2. The van der Waals surface area contributed by atoms with Crippen LogP contribution in [0.4, 0.5) is 0 Å². The van der Waals surface area contributed by atoms with E-state index < -0.39 is 0 Å². The molecule has 1 aliphatic heterocycles. The van der Waals surface area contributed by atoms with E-state index >= 15 is 0 Å². The van der Waals surface area contributed by atoms with Crippen molar-refractivity contribution in [2.24, 2.45) is 0 Å². The predicted molar refractivity (Wildman–Crippen MR) is 96.8 cm³/mol. The average molecular weight is 370 g/mol. The van der Waals surface area contributed by atoms with Gasteiger partial charge >= 0.3 is 0 Å². The molecule has 0 spiro atoms. The summed E-state index contributed by atoms with van der Waals surface area (Å²) in [7, 11) is 0. The molecule has 1 aromatic heterocycles. The number of hydrogen-bond acceptors (Lipinski definition) is 4. The second-order valence-corrected chi connectivity index (χ2v) is 6.16. The van der Waals surface area contributed by atoms with E-state index in [1.807, 2.05) is 17.0 Å². The van der Waals surface area contributed by atoms with Gasteiger partial charge in [0, 0.05) is 35.8 Å². The van der Waals surface area contributed by atoms with Crippen LogP contribution in [-0.2, 0) is 0 Å². The molecule has 7 heteroatoms. The van der Waals surface area contributed by atoms with E-state index in [0.29, 0.717) is 16.5 Å². The van der Waals surface area contributed by atoms with Crippen LogP contribution in [0.3, 0.4) is 0 Å². The van der Waals surface area contributed by atoms with Crippen molar-refractivity contribution in [2.45, 2.75) is 25.8 Å². The van der Waals surface area contributed by atoms with Crippen molar-refractivity contribution in [1.29, 1.82) is 0 Å². The van der Waals surface area contributed by atoms with E-state index in [2.05, 4.69) is 17.4 Å². The minimum atomic E-state index is -0.0653. The number of hydrogen-bond donors (Lipinski definition) is 1. The first kappa shape index (κ1) is 18.8. The minimum Gasteiger partial charge on any atom is -0.355 e. The average Bonchev–Trinajstić information content (AvgIpc) is 3.24. The molecule has 24 heavy (non-hydrogen) atoms. The summed E-state index contributed by atoms with van der Waals surface area (Å²) in [6.45, 7) is 4.60. The molecule has 0 bridgehead atoms. The zero-order chi connectivity index (χ0) is 16.2. The van der Waals surface area contributed by atoms with Gasteiger partial charge in [-0.1, -0.05) is 23.7 Å². The van der Waals surface area contributed by atoms with Crippen molar-refractivity contribution in [3.8, 4) is 11.3 Å². The normalized spacial score (nSPS) is 16.7. The second kappa shape index (κ2) is 8.51. The second-order valence-electron chi connectivity index (χ2n) is 5.73. The molecular formula is C17H21Cl2N3O2. The Hall–Kier alpha value is -1.56. The van der Waals surface area contributed by atoms with Crippen molar-refractivity contribution in [1.82, 2.24) is 15.4 Å². The first-order chi connectivity index (χ1) is 11.2. The summed E-state index contributed by atoms with van der Waals surface area (Å²) in [5, 5.41) is 7.93. The Morgan fingerprint density at radius 1 is 1.42 bits per heavy atom. The molecule has 1 atom stereocenters. The number of amides is 1. The molecule has 1 amide bonds. The van der Waals surface area contributed by atoms with Gasteiger partial charge in [-0.25, -0.2) is 0 Å². The molecule has 1 fully saturated rings. The summed E-state index contributed by atoms with van der Waals surface area (Å²) in [6, 6.07) is 9.21. The summed E-state index contributed by atoms with van der Waals surface area (Å²) in [4.78, 5) is 14.7. The Kier molecular flexibility index (Phi) is 6.66. The predicted octanol–water partition coefficient (Wildman–Crippen LogP) is 3.63. The fourth-order valence-corrected chi connectivity index (χ4v) is 3.00. The first-order valence-corrected chi connectivity index (χ1v) is 8.31. The van der Waals surface area contributed by atoms with Gasteiger partial charge in [-0.2, -0.15) is 0 Å². The topological polar surface area (TPSA) is 58.4 Å². The van der Waals surface area contributed by atoms with Crippen LogP contribution in [0.5, 0.6) is 0 Å². The summed E-state index contributed by atoms with van der Waals surface area (Å²) in [6.07, 6.45) is 1.90. The van der Waals surface area contributed by atoms with Crippen molar-refractivity contribution in [3.05, 3.63) is 41.0 Å². The molecule has 2 heterocycles. The monoisotopic (exact) mass is 369 g/mol. The van der Waals surface area contributed by atoms with Gasteiger partial charge in [-0.05, 0) is 43.7 Å². The Bertz CT molecular complexity index is 667. The molecule has 0 aliphatic carbocycles. The molecule has 1 aromatic carbocycles. The third-order valence-electron chi connectivity index (χ3n) is 4.06. The van der Waals surface area contributed by atoms with Crippen LogP contribution in [0.25, 0.3) is 11.3 Å².